The summed E-state index contributed by atoms with van der Waals surface area (Å²) in [7, 11) is 0. The lowest BCUT2D eigenvalue weighted by molar-refractivity contribution is 0.249. The molecule has 0 unspecified atom stereocenters. The predicted molar refractivity (Wildman–Crippen MR) is 90.0 cm³/mol. The standard InChI is InChI=1S/C18H20N4/c1-2-4-17-13-20-18(11-16(17)3-1)22-9-7-21(8-10-22)14-15-5-6-19-12-15/h1-6,11-13,19H,7-10,14H2. The van der Waals surface area contributed by atoms with Gasteiger partial charge < -0.3 is 9.88 Å². The van der Waals surface area contributed by atoms with Crippen molar-refractivity contribution < 1.29 is 0 Å². The Morgan fingerprint density at radius 1 is 1.00 bits per heavy atom. The Kier molecular flexibility index (Phi) is 3.52. The molecule has 0 bridgehead atoms. The molecular weight excluding hydrogens is 272 g/mol. The summed E-state index contributed by atoms with van der Waals surface area (Å²) < 4.78 is 0. The second-order valence-electron chi connectivity index (χ2n) is 5.87. The van der Waals surface area contributed by atoms with E-state index in [0.29, 0.717) is 0 Å². The number of benzene rings is 1. The minimum absolute atomic E-state index is 1.03. The third kappa shape index (κ3) is 2.70. The van der Waals surface area contributed by atoms with Crippen molar-refractivity contribution in [2.75, 3.05) is 31.1 Å². The van der Waals surface area contributed by atoms with Gasteiger partial charge in [0.05, 0.1) is 0 Å². The summed E-state index contributed by atoms with van der Waals surface area (Å²) in [4.78, 5) is 12.6. The number of rotatable bonds is 3. The zero-order chi connectivity index (χ0) is 14.8. The van der Waals surface area contributed by atoms with Crippen molar-refractivity contribution in [3.63, 3.8) is 0 Å². The average molecular weight is 292 g/mol. The molecule has 1 N–H and O–H groups in total. The molecule has 4 rings (SSSR count). The van der Waals surface area contributed by atoms with Crippen LogP contribution in [0.4, 0.5) is 5.82 Å². The Bertz CT molecular complexity index is 743. The van der Waals surface area contributed by atoms with E-state index in [1.54, 1.807) is 0 Å². The van der Waals surface area contributed by atoms with Gasteiger partial charge in [-0.1, -0.05) is 24.3 Å². The summed E-state index contributed by atoms with van der Waals surface area (Å²) in [5.41, 5.74) is 1.36. The number of aromatic amines is 1. The van der Waals surface area contributed by atoms with Crippen LogP contribution in [0.15, 0.2) is 55.0 Å². The molecule has 1 aliphatic rings. The second-order valence-corrected chi connectivity index (χ2v) is 5.87. The van der Waals surface area contributed by atoms with Gasteiger partial charge in [-0.25, -0.2) is 4.98 Å². The number of nitrogens with one attached hydrogen (secondary N) is 1. The van der Waals surface area contributed by atoms with E-state index in [-0.39, 0.29) is 0 Å². The van der Waals surface area contributed by atoms with Gasteiger partial charge in [0.25, 0.3) is 0 Å². The molecule has 0 aliphatic carbocycles. The highest BCUT2D eigenvalue weighted by Crippen LogP contribution is 2.20. The first-order valence-electron chi connectivity index (χ1n) is 7.82. The minimum Gasteiger partial charge on any atom is -0.367 e. The second kappa shape index (κ2) is 5.81. The Morgan fingerprint density at radius 3 is 2.59 bits per heavy atom. The van der Waals surface area contributed by atoms with E-state index in [9.17, 15) is 0 Å². The van der Waals surface area contributed by atoms with Crippen LogP contribution in [0.3, 0.4) is 0 Å². The molecule has 0 atom stereocenters. The lowest BCUT2D eigenvalue weighted by Crippen LogP contribution is -2.46. The number of anilines is 1. The van der Waals surface area contributed by atoms with E-state index < -0.39 is 0 Å². The van der Waals surface area contributed by atoms with Crippen LogP contribution in [0, 0.1) is 0 Å². The molecule has 0 radical (unpaired) electrons. The van der Waals surface area contributed by atoms with Crippen molar-refractivity contribution in [2.24, 2.45) is 0 Å². The van der Waals surface area contributed by atoms with Gasteiger partial charge in [-0.05, 0) is 23.1 Å². The maximum Gasteiger partial charge on any atom is 0.129 e. The summed E-state index contributed by atoms with van der Waals surface area (Å²) in [5.74, 6) is 1.10. The van der Waals surface area contributed by atoms with Crippen LogP contribution in [-0.4, -0.2) is 41.0 Å². The fraction of sp³-hybridized carbons (Fsp3) is 0.278. The summed E-state index contributed by atoms with van der Waals surface area (Å²) in [6, 6.07) is 12.8. The first-order valence-corrected chi connectivity index (χ1v) is 7.82. The summed E-state index contributed by atoms with van der Waals surface area (Å²) in [5, 5.41) is 2.47. The molecule has 112 valence electrons. The Balaban J connectivity index is 1.43. The van der Waals surface area contributed by atoms with Crippen LogP contribution in [0.25, 0.3) is 10.8 Å². The van der Waals surface area contributed by atoms with Crippen molar-refractivity contribution in [3.05, 3.63) is 60.6 Å². The first-order chi connectivity index (χ1) is 10.9. The molecule has 3 aromatic rings. The van der Waals surface area contributed by atoms with Gasteiger partial charge in [0, 0.05) is 56.7 Å². The SMILES string of the molecule is c1ccc2cc(N3CCN(Cc4cc[nH]c4)CC3)ncc2c1. The van der Waals surface area contributed by atoms with E-state index in [0.717, 1.165) is 38.5 Å². The van der Waals surface area contributed by atoms with E-state index >= 15 is 0 Å². The minimum atomic E-state index is 1.03. The van der Waals surface area contributed by atoms with Crippen LogP contribution in [0.5, 0.6) is 0 Å². The third-order valence-electron chi connectivity index (χ3n) is 4.38. The fourth-order valence-electron chi connectivity index (χ4n) is 3.09. The van der Waals surface area contributed by atoms with E-state index in [1.165, 1.54) is 16.3 Å². The Hall–Kier alpha value is -2.33. The highest BCUT2D eigenvalue weighted by Gasteiger charge is 2.18. The summed E-state index contributed by atoms with van der Waals surface area (Å²) >= 11 is 0. The van der Waals surface area contributed by atoms with Crippen LogP contribution in [0.1, 0.15) is 5.56 Å². The molecule has 0 saturated carbocycles. The van der Waals surface area contributed by atoms with Gasteiger partial charge in [-0.2, -0.15) is 0 Å². The zero-order valence-corrected chi connectivity index (χ0v) is 12.6. The van der Waals surface area contributed by atoms with Crippen molar-refractivity contribution in [1.82, 2.24) is 14.9 Å². The molecule has 3 heterocycles. The number of piperazine rings is 1. The number of pyridine rings is 1. The number of fused-ring (bicyclic) bond motifs is 1. The predicted octanol–water partition coefficient (Wildman–Crippen LogP) is 2.89. The molecule has 1 fully saturated rings. The van der Waals surface area contributed by atoms with Gasteiger partial charge in [0.1, 0.15) is 5.82 Å². The Labute approximate surface area is 130 Å². The van der Waals surface area contributed by atoms with E-state index in [2.05, 4.69) is 62.4 Å². The molecule has 0 amide bonds. The third-order valence-corrected chi connectivity index (χ3v) is 4.38. The van der Waals surface area contributed by atoms with Gasteiger partial charge in [-0.15, -0.1) is 0 Å². The highest BCUT2D eigenvalue weighted by atomic mass is 15.3. The van der Waals surface area contributed by atoms with Gasteiger partial charge in [-0.3, -0.25) is 4.90 Å². The smallest absolute Gasteiger partial charge is 0.129 e. The number of aromatic nitrogens is 2. The number of H-pyrrole nitrogens is 1. The molecule has 2 aromatic heterocycles. The lowest BCUT2D eigenvalue weighted by atomic mass is 10.1. The normalized spacial score (nSPS) is 16.3. The Morgan fingerprint density at radius 2 is 1.82 bits per heavy atom. The molecule has 4 heteroatoms. The molecule has 1 saturated heterocycles. The van der Waals surface area contributed by atoms with Crippen molar-refractivity contribution in [3.8, 4) is 0 Å². The molecule has 0 spiro atoms. The van der Waals surface area contributed by atoms with Gasteiger partial charge in [0.2, 0.25) is 0 Å². The number of hydrogen-bond donors (Lipinski definition) is 1. The zero-order valence-electron chi connectivity index (χ0n) is 12.6. The number of hydrogen-bond acceptors (Lipinski definition) is 3. The monoisotopic (exact) mass is 292 g/mol. The first kappa shape index (κ1) is 13.3. The summed E-state index contributed by atoms with van der Waals surface area (Å²) in [6.07, 6.45) is 6.05. The van der Waals surface area contributed by atoms with Crippen molar-refractivity contribution >= 4 is 16.6 Å². The molecule has 1 aliphatic heterocycles. The maximum atomic E-state index is 4.63. The lowest BCUT2D eigenvalue weighted by Gasteiger charge is -2.35. The molecule has 22 heavy (non-hydrogen) atoms. The van der Waals surface area contributed by atoms with Crippen molar-refractivity contribution in [2.45, 2.75) is 6.54 Å². The summed E-state index contributed by atoms with van der Waals surface area (Å²) in [6.45, 7) is 5.27. The van der Waals surface area contributed by atoms with Gasteiger partial charge in [0.15, 0.2) is 0 Å². The fourth-order valence-corrected chi connectivity index (χ4v) is 3.09. The maximum absolute atomic E-state index is 4.63. The topological polar surface area (TPSA) is 35.2 Å². The van der Waals surface area contributed by atoms with E-state index in [1.807, 2.05) is 12.4 Å². The van der Waals surface area contributed by atoms with Crippen molar-refractivity contribution in [1.29, 1.82) is 0 Å². The molecular formula is C18H20N4. The average Bonchev–Trinajstić information content (AvgIpc) is 3.08. The quantitative estimate of drug-likeness (QED) is 0.806. The van der Waals surface area contributed by atoms with Crippen LogP contribution < -0.4 is 4.90 Å². The van der Waals surface area contributed by atoms with Gasteiger partial charge >= 0.3 is 0 Å². The van der Waals surface area contributed by atoms with Crippen LogP contribution >= 0.6 is 0 Å². The molecule has 1 aromatic carbocycles. The van der Waals surface area contributed by atoms with Crippen LogP contribution in [0.2, 0.25) is 0 Å². The largest absolute Gasteiger partial charge is 0.367 e. The number of nitrogens with zero attached hydrogens (tertiary/aromatic N) is 3. The highest BCUT2D eigenvalue weighted by molar-refractivity contribution is 5.83. The van der Waals surface area contributed by atoms with Crippen LogP contribution in [-0.2, 0) is 6.54 Å². The van der Waals surface area contributed by atoms with E-state index in [4.69, 9.17) is 0 Å². The molecule has 4 nitrogen and oxygen atoms in total.